The van der Waals surface area contributed by atoms with Gasteiger partial charge >= 0.3 is 0 Å². The molecule has 0 N–H and O–H groups in total. The molecule has 0 aliphatic carbocycles. The summed E-state index contributed by atoms with van der Waals surface area (Å²) in [6, 6.07) is 15.6. The third-order valence-electron chi connectivity index (χ3n) is 3.94. The summed E-state index contributed by atoms with van der Waals surface area (Å²) in [7, 11) is -3.51. The summed E-state index contributed by atoms with van der Waals surface area (Å²) in [6.45, 7) is 4.58. The molecule has 3 aromatic rings. The van der Waals surface area contributed by atoms with Gasteiger partial charge in [0.2, 0.25) is 0 Å². The van der Waals surface area contributed by atoms with Crippen LogP contribution in [0.3, 0.4) is 0 Å². The van der Waals surface area contributed by atoms with Crippen molar-refractivity contribution in [3.8, 4) is 5.75 Å². The van der Waals surface area contributed by atoms with Gasteiger partial charge in [-0.15, -0.1) is 16.8 Å². The smallest absolute Gasteiger partial charge is 0.191 e. The summed E-state index contributed by atoms with van der Waals surface area (Å²) in [5.74, 6) is 1.38. The lowest BCUT2D eigenvalue weighted by Crippen LogP contribution is -2.11. The van der Waals surface area contributed by atoms with Gasteiger partial charge in [0.15, 0.2) is 15.0 Å². The van der Waals surface area contributed by atoms with Crippen LogP contribution >= 0.6 is 23.4 Å². The molecule has 0 radical (unpaired) electrons. The van der Waals surface area contributed by atoms with Crippen LogP contribution in [-0.4, -0.2) is 35.5 Å². The van der Waals surface area contributed by atoms with Gasteiger partial charge in [0.25, 0.3) is 0 Å². The number of benzene rings is 2. The fourth-order valence-corrected chi connectivity index (χ4v) is 4.84. The minimum Gasteiger partial charge on any atom is -0.491 e. The van der Waals surface area contributed by atoms with E-state index in [2.05, 4.69) is 16.8 Å². The monoisotopic (exact) mass is 449 g/mol. The van der Waals surface area contributed by atoms with Crippen molar-refractivity contribution in [3.63, 3.8) is 0 Å². The van der Waals surface area contributed by atoms with E-state index >= 15 is 0 Å². The van der Waals surface area contributed by atoms with Gasteiger partial charge in [0, 0.05) is 12.3 Å². The maximum atomic E-state index is 12.7. The number of para-hydroxylation sites is 1. The lowest BCUT2D eigenvalue weighted by atomic mass is 10.3. The van der Waals surface area contributed by atoms with Gasteiger partial charge in [0.05, 0.1) is 16.5 Å². The maximum Gasteiger partial charge on any atom is 0.191 e. The molecule has 0 aliphatic heterocycles. The summed E-state index contributed by atoms with van der Waals surface area (Å²) < 4.78 is 32.8. The Hall–Kier alpha value is -2.29. The molecule has 152 valence electrons. The Morgan fingerprint density at radius 2 is 1.83 bits per heavy atom. The Morgan fingerprint density at radius 1 is 1.10 bits per heavy atom. The first-order chi connectivity index (χ1) is 14.0. The van der Waals surface area contributed by atoms with E-state index < -0.39 is 9.84 Å². The third-order valence-corrected chi connectivity index (χ3v) is 6.81. The number of hydrogen-bond acceptors (Lipinski definition) is 6. The molecule has 3 rings (SSSR count). The number of aromatic nitrogens is 3. The first-order valence-corrected chi connectivity index (χ1v) is 11.8. The summed E-state index contributed by atoms with van der Waals surface area (Å²) in [5.41, 5.74) is 0. The number of allylic oxidation sites excluding steroid dienone is 1. The predicted molar refractivity (Wildman–Crippen MR) is 115 cm³/mol. The number of thioether (sulfide) groups is 1. The normalized spacial score (nSPS) is 11.3. The van der Waals surface area contributed by atoms with Gasteiger partial charge in [-0.1, -0.05) is 59.8 Å². The minimum absolute atomic E-state index is 0.228. The minimum atomic E-state index is -3.51. The highest BCUT2D eigenvalue weighted by atomic mass is 35.5. The van der Waals surface area contributed by atoms with Crippen molar-refractivity contribution < 1.29 is 13.2 Å². The van der Waals surface area contributed by atoms with Crippen molar-refractivity contribution in [2.24, 2.45) is 0 Å². The number of ether oxygens (including phenoxy) is 1. The molecule has 0 bridgehead atoms. The molecule has 2 aromatic carbocycles. The summed E-state index contributed by atoms with van der Waals surface area (Å²) in [4.78, 5) is 0.260. The van der Waals surface area contributed by atoms with Crippen molar-refractivity contribution in [1.82, 2.24) is 14.8 Å². The number of hydrogen-bond donors (Lipinski definition) is 0. The molecule has 0 unspecified atom stereocenters. The van der Waals surface area contributed by atoms with Crippen LogP contribution in [0.15, 0.2) is 77.3 Å². The third kappa shape index (κ3) is 5.62. The van der Waals surface area contributed by atoms with Crippen LogP contribution in [0.25, 0.3) is 0 Å². The van der Waals surface area contributed by atoms with E-state index in [1.165, 1.54) is 11.8 Å². The number of nitrogens with zero attached hydrogens (tertiary/aromatic N) is 3. The van der Waals surface area contributed by atoms with E-state index in [4.69, 9.17) is 16.3 Å². The van der Waals surface area contributed by atoms with Crippen LogP contribution in [0.1, 0.15) is 5.82 Å². The highest BCUT2D eigenvalue weighted by molar-refractivity contribution is 7.99. The fraction of sp³-hybridized carbons (Fsp3) is 0.200. The highest BCUT2D eigenvalue weighted by Gasteiger charge is 2.21. The zero-order valence-electron chi connectivity index (χ0n) is 15.6. The molecule has 0 aliphatic rings. The molecule has 0 fully saturated rings. The van der Waals surface area contributed by atoms with E-state index in [-0.39, 0.29) is 10.6 Å². The zero-order valence-corrected chi connectivity index (χ0v) is 18.0. The van der Waals surface area contributed by atoms with Gasteiger partial charge < -0.3 is 9.30 Å². The van der Waals surface area contributed by atoms with Gasteiger partial charge in [-0.3, -0.25) is 0 Å². The molecule has 0 atom stereocenters. The molecule has 0 saturated carbocycles. The quantitative estimate of drug-likeness (QED) is 0.261. The Labute approximate surface area is 179 Å². The van der Waals surface area contributed by atoms with E-state index in [0.29, 0.717) is 40.7 Å². The molecule has 0 amide bonds. The van der Waals surface area contributed by atoms with Crippen molar-refractivity contribution in [2.75, 3.05) is 12.4 Å². The molecule has 29 heavy (non-hydrogen) atoms. The van der Waals surface area contributed by atoms with Crippen LogP contribution in [-0.2, 0) is 22.1 Å². The molecule has 0 spiro atoms. The number of halogens is 1. The molecular formula is C20H20ClN3O3S2. The van der Waals surface area contributed by atoms with Gasteiger partial charge in [-0.25, -0.2) is 8.42 Å². The van der Waals surface area contributed by atoms with Gasteiger partial charge in [-0.2, -0.15) is 0 Å². The molecule has 1 heterocycles. The van der Waals surface area contributed by atoms with Crippen LogP contribution in [0.5, 0.6) is 5.75 Å². The summed E-state index contributed by atoms with van der Waals surface area (Å²) in [5, 5.41) is 9.43. The lowest BCUT2D eigenvalue weighted by molar-refractivity contribution is 0.344. The SMILES string of the molecule is C=CCn1c(CS(=O)(=O)c2ccccc2)nnc1SCCOc1ccccc1Cl. The van der Waals surface area contributed by atoms with Crippen molar-refractivity contribution in [3.05, 3.63) is 78.1 Å². The second-order valence-electron chi connectivity index (χ2n) is 6.00. The number of rotatable bonds is 10. The van der Waals surface area contributed by atoms with Crippen LogP contribution in [0.2, 0.25) is 5.02 Å². The van der Waals surface area contributed by atoms with Gasteiger partial charge in [-0.05, 0) is 24.3 Å². The topological polar surface area (TPSA) is 74.1 Å². The molecule has 9 heteroatoms. The predicted octanol–water partition coefficient (Wildman–Crippen LogP) is 4.26. The van der Waals surface area contributed by atoms with Crippen LogP contribution in [0.4, 0.5) is 0 Å². The molecular weight excluding hydrogens is 430 g/mol. The number of sulfone groups is 1. The summed E-state index contributed by atoms with van der Waals surface area (Å²) in [6.07, 6.45) is 1.69. The van der Waals surface area contributed by atoms with Crippen molar-refractivity contribution in [2.45, 2.75) is 22.3 Å². The van der Waals surface area contributed by atoms with E-state index in [0.717, 1.165) is 0 Å². The van der Waals surface area contributed by atoms with Crippen LogP contribution in [0, 0.1) is 0 Å². The van der Waals surface area contributed by atoms with E-state index in [1.807, 2.05) is 12.1 Å². The van der Waals surface area contributed by atoms with Crippen LogP contribution < -0.4 is 4.74 Å². The average molecular weight is 450 g/mol. The molecule has 6 nitrogen and oxygen atoms in total. The Bertz CT molecular complexity index is 1070. The molecule has 0 saturated heterocycles. The van der Waals surface area contributed by atoms with Gasteiger partial charge in [0.1, 0.15) is 17.3 Å². The van der Waals surface area contributed by atoms with Crippen molar-refractivity contribution >= 4 is 33.2 Å². The maximum absolute atomic E-state index is 12.7. The first kappa shape index (κ1) is 21.4. The largest absolute Gasteiger partial charge is 0.491 e. The Kier molecular flexibility index (Phi) is 7.35. The van der Waals surface area contributed by atoms with E-state index in [1.54, 1.807) is 53.1 Å². The van der Waals surface area contributed by atoms with E-state index in [9.17, 15) is 8.42 Å². The highest BCUT2D eigenvalue weighted by Crippen LogP contribution is 2.24. The Balaban J connectivity index is 1.67. The summed E-state index contributed by atoms with van der Waals surface area (Å²) >= 11 is 7.51. The van der Waals surface area contributed by atoms with Crippen molar-refractivity contribution in [1.29, 1.82) is 0 Å². The standard InChI is InChI=1S/C20H20ClN3O3S2/c1-2-12-24-19(15-29(25,26)16-8-4-3-5-9-16)22-23-20(24)28-14-13-27-18-11-7-6-10-17(18)21/h2-11H,1,12-15H2. The molecule has 1 aromatic heterocycles. The Morgan fingerprint density at radius 3 is 2.55 bits per heavy atom. The fourth-order valence-electron chi connectivity index (χ4n) is 2.57. The average Bonchev–Trinajstić information content (AvgIpc) is 3.08. The second-order valence-corrected chi connectivity index (χ2v) is 9.46. The first-order valence-electron chi connectivity index (χ1n) is 8.82. The second kappa shape index (κ2) is 9.96. The lowest BCUT2D eigenvalue weighted by Gasteiger charge is -2.09. The zero-order chi connectivity index (χ0) is 20.7.